The molecular formula is C9H19NO3S. The number of carbonyl (C=O) groups is 1. The van der Waals surface area contributed by atoms with Crippen molar-refractivity contribution in [1.29, 1.82) is 0 Å². The molecule has 0 amide bonds. The summed E-state index contributed by atoms with van der Waals surface area (Å²) in [6, 6.07) is -0.547. The third-order valence-corrected chi connectivity index (χ3v) is 2.97. The van der Waals surface area contributed by atoms with Gasteiger partial charge in [-0.25, -0.2) is 0 Å². The Morgan fingerprint density at radius 3 is 2.64 bits per heavy atom. The number of rotatable bonds is 6. The van der Waals surface area contributed by atoms with E-state index < -0.39 is 11.6 Å². The first-order valence-electron chi connectivity index (χ1n) is 4.50. The predicted molar refractivity (Wildman–Crippen MR) is 58.2 cm³/mol. The van der Waals surface area contributed by atoms with E-state index in [0.717, 1.165) is 5.75 Å². The van der Waals surface area contributed by atoms with Crippen molar-refractivity contribution >= 4 is 17.7 Å². The second kappa shape index (κ2) is 6.27. The van der Waals surface area contributed by atoms with Gasteiger partial charge in [0, 0.05) is 5.75 Å². The molecule has 0 radical (unpaired) electrons. The SMILES string of the molecule is COC(=O)C(N)CCSCC(C)(C)O. The normalized spacial score (nSPS) is 13.8. The second-order valence-electron chi connectivity index (χ2n) is 3.78. The summed E-state index contributed by atoms with van der Waals surface area (Å²) < 4.78 is 4.49. The van der Waals surface area contributed by atoms with Gasteiger partial charge in [0.2, 0.25) is 0 Å². The Hall–Kier alpha value is -0.260. The van der Waals surface area contributed by atoms with Gasteiger partial charge in [0.1, 0.15) is 6.04 Å². The molecule has 0 aliphatic rings. The lowest BCUT2D eigenvalue weighted by molar-refractivity contribution is -0.142. The molecule has 4 nitrogen and oxygen atoms in total. The molecule has 0 fully saturated rings. The first kappa shape index (κ1) is 13.7. The van der Waals surface area contributed by atoms with Gasteiger partial charge >= 0.3 is 5.97 Å². The molecule has 0 saturated heterocycles. The van der Waals surface area contributed by atoms with Gasteiger partial charge in [-0.05, 0) is 26.0 Å². The van der Waals surface area contributed by atoms with E-state index in [0.29, 0.717) is 12.2 Å². The first-order valence-corrected chi connectivity index (χ1v) is 5.66. The van der Waals surface area contributed by atoms with Crippen LogP contribution in [-0.4, -0.2) is 41.3 Å². The Bertz CT molecular complexity index is 179. The highest BCUT2D eigenvalue weighted by Gasteiger charge is 2.15. The van der Waals surface area contributed by atoms with Gasteiger partial charge in [0.25, 0.3) is 0 Å². The third-order valence-electron chi connectivity index (χ3n) is 1.53. The van der Waals surface area contributed by atoms with Gasteiger partial charge in [-0.1, -0.05) is 0 Å². The zero-order valence-corrected chi connectivity index (χ0v) is 9.76. The largest absolute Gasteiger partial charge is 0.468 e. The molecule has 84 valence electrons. The van der Waals surface area contributed by atoms with Crippen molar-refractivity contribution in [2.75, 3.05) is 18.6 Å². The molecule has 14 heavy (non-hydrogen) atoms. The number of aliphatic hydroxyl groups is 1. The molecule has 0 aliphatic heterocycles. The molecular weight excluding hydrogens is 202 g/mol. The fourth-order valence-electron chi connectivity index (χ4n) is 0.801. The highest BCUT2D eigenvalue weighted by molar-refractivity contribution is 7.99. The monoisotopic (exact) mass is 221 g/mol. The minimum atomic E-state index is -0.667. The van der Waals surface area contributed by atoms with Crippen molar-refractivity contribution < 1.29 is 14.6 Å². The highest BCUT2D eigenvalue weighted by Crippen LogP contribution is 2.13. The molecule has 0 spiro atoms. The topological polar surface area (TPSA) is 72.5 Å². The Balaban J connectivity index is 3.50. The summed E-state index contributed by atoms with van der Waals surface area (Å²) in [5, 5.41) is 9.39. The molecule has 0 heterocycles. The molecule has 0 saturated carbocycles. The maximum atomic E-state index is 10.9. The van der Waals surface area contributed by atoms with E-state index in [4.69, 9.17) is 5.73 Å². The number of thioether (sulfide) groups is 1. The van der Waals surface area contributed by atoms with E-state index in [9.17, 15) is 9.90 Å². The maximum Gasteiger partial charge on any atom is 0.322 e. The average molecular weight is 221 g/mol. The molecule has 3 N–H and O–H groups in total. The second-order valence-corrected chi connectivity index (χ2v) is 4.89. The highest BCUT2D eigenvalue weighted by atomic mass is 32.2. The van der Waals surface area contributed by atoms with E-state index in [-0.39, 0.29) is 5.97 Å². The number of esters is 1. The standard InChI is InChI=1S/C9H19NO3S/c1-9(2,12)6-14-5-4-7(10)8(11)13-3/h7,12H,4-6,10H2,1-3H3. The summed E-state index contributed by atoms with van der Waals surface area (Å²) in [7, 11) is 1.33. The lowest BCUT2D eigenvalue weighted by Gasteiger charge is -2.16. The fourth-order valence-corrected chi connectivity index (χ4v) is 1.87. The van der Waals surface area contributed by atoms with Crippen LogP contribution in [0.3, 0.4) is 0 Å². The van der Waals surface area contributed by atoms with Crippen molar-refractivity contribution in [2.24, 2.45) is 5.73 Å². The maximum absolute atomic E-state index is 10.9. The summed E-state index contributed by atoms with van der Waals surface area (Å²) in [5.74, 6) is 1.01. The molecule has 0 aliphatic carbocycles. The number of ether oxygens (including phenoxy) is 1. The van der Waals surface area contributed by atoms with E-state index in [1.54, 1.807) is 25.6 Å². The van der Waals surface area contributed by atoms with Crippen LogP contribution in [0.15, 0.2) is 0 Å². The van der Waals surface area contributed by atoms with Crippen LogP contribution in [0.25, 0.3) is 0 Å². The lowest BCUT2D eigenvalue weighted by Crippen LogP contribution is -2.32. The van der Waals surface area contributed by atoms with Crippen LogP contribution in [-0.2, 0) is 9.53 Å². The van der Waals surface area contributed by atoms with Gasteiger partial charge in [-0.15, -0.1) is 0 Å². The van der Waals surface area contributed by atoms with Gasteiger partial charge in [0.15, 0.2) is 0 Å². The smallest absolute Gasteiger partial charge is 0.322 e. The summed E-state index contributed by atoms with van der Waals surface area (Å²) in [6.07, 6.45) is 0.577. The summed E-state index contributed by atoms with van der Waals surface area (Å²) >= 11 is 1.58. The number of hydrogen-bond acceptors (Lipinski definition) is 5. The third kappa shape index (κ3) is 7.17. The van der Waals surface area contributed by atoms with Gasteiger partial charge in [0.05, 0.1) is 12.7 Å². The number of methoxy groups -OCH3 is 1. The molecule has 0 aromatic heterocycles. The minimum Gasteiger partial charge on any atom is -0.468 e. The van der Waals surface area contributed by atoms with E-state index in [2.05, 4.69) is 4.74 Å². The average Bonchev–Trinajstić information content (AvgIpc) is 2.09. The molecule has 0 bridgehead atoms. The first-order chi connectivity index (χ1) is 6.37. The van der Waals surface area contributed by atoms with Gasteiger partial charge in [-0.3, -0.25) is 4.79 Å². The van der Waals surface area contributed by atoms with Crippen molar-refractivity contribution in [3.63, 3.8) is 0 Å². The van der Waals surface area contributed by atoms with E-state index >= 15 is 0 Å². The van der Waals surface area contributed by atoms with Gasteiger partial charge in [-0.2, -0.15) is 11.8 Å². The molecule has 0 rings (SSSR count). The summed E-state index contributed by atoms with van der Waals surface area (Å²) in [5.41, 5.74) is 4.86. The fraction of sp³-hybridized carbons (Fsp3) is 0.889. The lowest BCUT2D eigenvalue weighted by atomic mass is 10.2. The quantitative estimate of drug-likeness (QED) is 0.501. The Labute approximate surface area is 89.2 Å². The van der Waals surface area contributed by atoms with Crippen molar-refractivity contribution in [3.8, 4) is 0 Å². The van der Waals surface area contributed by atoms with Crippen LogP contribution in [0.1, 0.15) is 20.3 Å². The predicted octanol–water partition coefficient (Wildman–Crippen LogP) is 0.381. The van der Waals surface area contributed by atoms with Gasteiger partial charge < -0.3 is 15.6 Å². The van der Waals surface area contributed by atoms with Crippen LogP contribution in [0.2, 0.25) is 0 Å². The van der Waals surface area contributed by atoms with E-state index in [1.807, 2.05) is 0 Å². The van der Waals surface area contributed by atoms with Crippen LogP contribution in [0.4, 0.5) is 0 Å². The van der Waals surface area contributed by atoms with Crippen LogP contribution >= 0.6 is 11.8 Å². The Morgan fingerprint density at radius 1 is 1.64 bits per heavy atom. The van der Waals surface area contributed by atoms with Crippen LogP contribution in [0.5, 0.6) is 0 Å². The summed E-state index contributed by atoms with van der Waals surface area (Å²) in [6.45, 7) is 3.50. The zero-order chi connectivity index (χ0) is 11.2. The van der Waals surface area contributed by atoms with Crippen LogP contribution in [0, 0.1) is 0 Å². The van der Waals surface area contributed by atoms with Crippen LogP contribution < -0.4 is 5.73 Å². The Morgan fingerprint density at radius 2 is 2.21 bits per heavy atom. The molecule has 5 heteroatoms. The molecule has 0 aromatic carbocycles. The number of hydrogen-bond donors (Lipinski definition) is 2. The summed E-state index contributed by atoms with van der Waals surface area (Å²) in [4.78, 5) is 10.9. The minimum absolute atomic E-state index is 0.381. The molecule has 1 atom stereocenters. The Kier molecular flexibility index (Phi) is 6.15. The molecule has 1 unspecified atom stereocenters. The number of carbonyl (C=O) groups excluding carboxylic acids is 1. The number of nitrogens with two attached hydrogens (primary N) is 1. The zero-order valence-electron chi connectivity index (χ0n) is 8.95. The van der Waals surface area contributed by atoms with Crippen molar-refractivity contribution in [1.82, 2.24) is 0 Å². The van der Waals surface area contributed by atoms with E-state index in [1.165, 1.54) is 7.11 Å². The molecule has 0 aromatic rings. The van der Waals surface area contributed by atoms with Crippen molar-refractivity contribution in [3.05, 3.63) is 0 Å². The van der Waals surface area contributed by atoms with Crippen molar-refractivity contribution in [2.45, 2.75) is 31.9 Å².